The molecule has 176 valence electrons. The molecule has 4 rings (SSSR count). The minimum absolute atomic E-state index is 0.0125. The first-order valence-corrected chi connectivity index (χ1v) is 11.7. The smallest absolute Gasteiger partial charge is 0.255 e. The summed E-state index contributed by atoms with van der Waals surface area (Å²) in [4.78, 5) is 20.7. The molecular formula is C29H33N3O2. The van der Waals surface area contributed by atoms with E-state index in [-0.39, 0.29) is 11.9 Å². The summed E-state index contributed by atoms with van der Waals surface area (Å²) in [5.74, 6) is 1.67. The van der Waals surface area contributed by atoms with Crippen molar-refractivity contribution in [3.05, 3.63) is 88.2 Å². The number of carbonyl (C=O) groups is 1. The molecule has 0 bridgehead atoms. The highest BCUT2D eigenvalue weighted by molar-refractivity contribution is 5.97. The van der Waals surface area contributed by atoms with E-state index in [1.807, 2.05) is 43.0 Å². The van der Waals surface area contributed by atoms with E-state index in [1.165, 1.54) is 5.56 Å². The summed E-state index contributed by atoms with van der Waals surface area (Å²) in [5.41, 5.74) is 8.04. The molecule has 0 fully saturated rings. The van der Waals surface area contributed by atoms with Gasteiger partial charge in [-0.15, -0.1) is 0 Å². The van der Waals surface area contributed by atoms with Crippen LogP contribution in [0.2, 0.25) is 0 Å². The first kappa shape index (κ1) is 23.6. The van der Waals surface area contributed by atoms with Crippen LogP contribution in [0.25, 0.3) is 16.7 Å². The number of nitrogens with zero attached hydrogens (tertiary/aromatic N) is 3. The van der Waals surface area contributed by atoms with Gasteiger partial charge in [-0.05, 0) is 94.6 Å². The number of aryl methyl sites for hydroxylation is 4. The Morgan fingerprint density at radius 3 is 2.18 bits per heavy atom. The van der Waals surface area contributed by atoms with E-state index in [0.29, 0.717) is 6.54 Å². The maximum absolute atomic E-state index is 13.8. The number of imidazole rings is 1. The van der Waals surface area contributed by atoms with Gasteiger partial charge in [0.15, 0.2) is 0 Å². The van der Waals surface area contributed by atoms with Crippen molar-refractivity contribution in [2.75, 3.05) is 7.11 Å². The second kappa shape index (κ2) is 9.34. The van der Waals surface area contributed by atoms with Gasteiger partial charge in [-0.1, -0.05) is 23.8 Å². The molecule has 3 aromatic carbocycles. The lowest BCUT2D eigenvalue weighted by Gasteiger charge is -2.28. The summed E-state index contributed by atoms with van der Waals surface area (Å²) in [6, 6.07) is 18.4. The van der Waals surface area contributed by atoms with Crippen LogP contribution < -0.4 is 4.74 Å². The van der Waals surface area contributed by atoms with Crippen LogP contribution in [-0.4, -0.2) is 33.5 Å². The highest BCUT2D eigenvalue weighted by Crippen LogP contribution is 2.27. The number of fused-ring (bicyclic) bond motifs is 1. The van der Waals surface area contributed by atoms with Gasteiger partial charge >= 0.3 is 0 Å². The van der Waals surface area contributed by atoms with E-state index >= 15 is 0 Å². The van der Waals surface area contributed by atoms with Crippen LogP contribution >= 0.6 is 0 Å². The molecular weight excluding hydrogens is 422 g/mol. The Balaban J connectivity index is 1.82. The normalized spacial score (nSPS) is 11.3. The molecule has 0 saturated carbocycles. The maximum atomic E-state index is 13.8. The molecule has 5 nitrogen and oxygen atoms in total. The van der Waals surface area contributed by atoms with Gasteiger partial charge in [0.25, 0.3) is 5.91 Å². The third kappa shape index (κ3) is 4.43. The van der Waals surface area contributed by atoms with Gasteiger partial charge in [0.1, 0.15) is 11.6 Å². The van der Waals surface area contributed by atoms with Crippen LogP contribution in [0.3, 0.4) is 0 Å². The van der Waals surface area contributed by atoms with Crippen LogP contribution in [0.1, 0.15) is 52.3 Å². The van der Waals surface area contributed by atoms with Gasteiger partial charge in [0.2, 0.25) is 0 Å². The molecule has 0 aliphatic carbocycles. The van der Waals surface area contributed by atoms with Gasteiger partial charge in [-0.25, -0.2) is 4.98 Å². The zero-order chi connectivity index (χ0) is 24.6. The molecule has 4 aromatic rings. The zero-order valence-corrected chi connectivity index (χ0v) is 21.1. The number of rotatable bonds is 6. The highest BCUT2D eigenvalue weighted by Gasteiger charge is 2.25. The summed E-state index contributed by atoms with van der Waals surface area (Å²) < 4.78 is 7.49. The van der Waals surface area contributed by atoms with E-state index < -0.39 is 0 Å². The zero-order valence-electron chi connectivity index (χ0n) is 21.1. The molecule has 34 heavy (non-hydrogen) atoms. The van der Waals surface area contributed by atoms with Gasteiger partial charge in [0, 0.05) is 17.3 Å². The average Bonchev–Trinajstić information content (AvgIpc) is 3.13. The predicted molar refractivity (Wildman–Crippen MR) is 138 cm³/mol. The predicted octanol–water partition coefficient (Wildman–Crippen LogP) is 6.32. The average molecular weight is 456 g/mol. The number of hydrogen-bond donors (Lipinski definition) is 0. The SMILES string of the molecule is COc1ccc(-n2c(CN(C(=O)c3c(C)cc(C)cc3C)C(C)C)nc3cc(C)ccc32)cc1. The fourth-order valence-corrected chi connectivity index (χ4v) is 4.67. The number of amides is 1. The third-order valence-electron chi connectivity index (χ3n) is 6.30. The molecule has 0 saturated heterocycles. The molecule has 0 aliphatic rings. The topological polar surface area (TPSA) is 47.4 Å². The van der Waals surface area contributed by atoms with Crippen LogP contribution in [0.15, 0.2) is 54.6 Å². The number of benzene rings is 3. The van der Waals surface area contributed by atoms with Gasteiger partial charge in [-0.3, -0.25) is 9.36 Å². The summed E-state index contributed by atoms with van der Waals surface area (Å²) in [5, 5.41) is 0. The fourth-order valence-electron chi connectivity index (χ4n) is 4.67. The molecule has 1 amide bonds. The van der Waals surface area contributed by atoms with Crippen LogP contribution in [0.5, 0.6) is 5.75 Å². The molecule has 1 aromatic heterocycles. The molecule has 0 N–H and O–H groups in total. The summed E-state index contributed by atoms with van der Waals surface area (Å²) in [7, 11) is 1.66. The van der Waals surface area contributed by atoms with Crippen LogP contribution in [-0.2, 0) is 6.54 Å². The molecule has 0 unspecified atom stereocenters. The van der Waals surface area contributed by atoms with Crippen LogP contribution in [0.4, 0.5) is 0 Å². The maximum Gasteiger partial charge on any atom is 0.255 e. The summed E-state index contributed by atoms with van der Waals surface area (Å²) in [6.07, 6.45) is 0. The molecule has 0 radical (unpaired) electrons. The third-order valence-corrected chi connectivity index (χ3v) is 6.30. The minimum Gasteiger partial charge on any atom is -0.497 e. The monoisotopic (exact) mass is 455 g/mol. The van der Waals surface area contributed by atoms with Gasteiger partial charge in [0.05, 0.1) is 24.7 Å². The lowest BCUT2D eigenvalue weighted by atomic mass is 9.98. The quantitative estimate of drug-likeness (QED) is 0.342. The number of aromatic nitrogens is 2. The number of ether oxygens (including phenoxy) is 1. The molecule has 5 heteroatoms. The van der Waals surface area contributed by atoms with E-state index in [2.05, 4.69) is 62.6 Å². The molecule has 0 atom stereocenters. The van der Waals surface area contributed by atoms with E-state index in [1.54, 1.807) is 7.11 Å². The summed E-state index contributed by atoms with van der Waals surface area (Å²) in [6.45, 7) is 12.7. The van der Waals surface area contributed by atoms with Crippen molar-refractivity contribution in [1.82, 2.24) is 14.5 Å². The van der Waals surface area contributed by atoms with Crippen molar-refractivity contribution in [1.29, 1.82) is 0 Å². The molecule has 0 spiro atoms. The van der Waals surface area contributed by atoms with Crippen LogP contribution in [0, 0.1) is 27.7 Å². The number of methoxy groups -OCH3 is 1. The molecule has 0 aliphatic heterocycles. The second-order valence-corrected chi connectivity index (χ2v) is 9.35. The standard InChI is InChI=1S/C29H33N3O2/c1-18(2)31(29(33)28-21(5)14-20(4)15-22(28)6)17-27-30-25-16-19(3)8-13-26(25)32(27)23-9-11-24(34-7)12-10-23/h8-16,18H,17H2,1-7H3. The van der Waals surface area contributed by atoms with Gasteiger partial charge < -0.3 is 9.64 Å². The first-order chi connectivity index (χ1) is 16.2. The second-order valence-electron chi connectivity index (χ2n) is 9.35. The Bertz CT molecular complexity index is 1330. The van der Waals surface area contributed by atoms with Crippen molar-refractivity contribution in [3.8, 4) is 11.4 Å². The van der Waals surface area contributed by atoms with Crippen molar-refractivity contribution < 1.29 is 9.53 Å². The Labute approximate surface area is 202 Å². The molecule has 1 heterocycles. The van der Waals surface area contributed by atoms with Crippen molar-refractivity contribution in [2.45, 2.75) is 54.1 Å². The lowest BCUT2D eigenvalue weighted by Crippen LogP contribution is -2.38. The Morgan fingerprint density at radius 2 is 1.59 bits per heavy atom. The van der Waals surface area contributed by atoms with Crippen molar-refractivity contribution >= 4 is 16.9 Å². The Kier molecular flexibility index (Phi) is 6.47. The fraction of sp³-hybridized carbons (Fsp3) is 0.310. The minimum atomic E-state index is 0.0125. The highest BCUT2D eigenvalue weighted by atomic mass is 16.5. The Hall–Kier alpha value is -3.60. The van der Waals surface area contributed by atoms with Gasteiger partial charge in [-0.2, -0.15) is 0 Å². The van der Waals surface area contributed by atoms with E-state index in [9.17, 15) is 4.79 Å². The van der Waals surface area contributed by atoms with E-state index in [0.717, 1.165) is 50.5 Å². The lowest BCUT2D eigenvalue weighted by molar-refractivity contribution is 0.0683. The van der Waals surface area contributed by atoms with E-state index in [4.69, 9.17) is 9.72 Å². The largest absolute Gasteiger partial charge is 0.497 e. The Morgan fingerprint density at radius 1 is 0.941 bits per heavy atom. The van der Waals surface area contributed by atoms with Crippen molar-refractivity contribution in [2.24, 2.45) is 0 Å². The summed E-state index contributed by atoms with van der Waals surface area (Å²) >= 11 is 0. The number of hydrogen-bond acceptors (Lipinski definition) is 3. The van der Waals surface area contributed by atoms with Crippen molar-refractivity contribution in [3.63, 3.8) is 0 Å². The number of carbonyl (C=O) groups excluding carboxylic acids is 1. The first-order valence-electron chi connectivity index (χ1n) is 11.7.